The van der Waals surface area contributed by atoms with Crippen molar-refractivity contribution in [3.8, 4) is 0 Å². The second kappa shape index (κ2) is 5.74. The van der Waals surface area contributed by atoms with Gasteiger partial charge in [0.1, 0.15) is 5.56 Å². The van der Waals surface area contributed by atoms with E-state index in [9.17, 15) is 0 Å². The number of alkyl halides is 2. The Balaban J connectivity index is 3.08. The van der Waals surface area contributed by atoms with Crippen molar-refractivity contribution in [2.24, 2.45) is 0 Å². The third kappa shape index (κ3) is 2.26. The third-order valence-electron chi connectivity index (χ3n) is 4.67. The highest BCUT2D eigenvalue weighted by atomic mass is 35.5. The van der Waals surface area contributed by atoms with Crippen LogP contribution in [0.15, 0.2) is 0 Å². The number of halogens is 2. The molecule has 1 nitrogen and oxygen atoms in total. The first-order valence-corrected chi connectivity index (χ1v) is 13.3. The monoisotopic (exact) mass is 298 g/mol. The Labute approximate surface area is 112 Å². The fourth-order valence-corrected chi connectivity index (χ4v) is 24.0. The lowest BCUT2D eigenvalue weighted by Gasteiger charge is -2.52. The van der Waals surface area contributed by atoms with Gasteiger partial charge < -0.3 is 4.43 Å². The number of hydrogen-bond donors (Lipinski definition) is 0. The van der Waals surface area contributed by atoms with Gasteiger partial charge >= 0.3 is 0 Å². The smallest absolute Gasteiger partial charge is 0.181 e. The molecule has 1 aliphatic heterocycles. The van der Waals surface area contributed by atoms with Crippen LogP contribution >= 0.6 is 23.2 Å². The molecule has 2 atom stereocenters. The molecule has 1 heterocycles. The van der Waals surface area contributed by atoms with Gasteiger partial charge in [-0.1, -0.05) is 51.4 Å². The minimum absolute atomic E-state index is 0.0342. The van der Waals surface area contributed by atoms with Crippen molar-refractivity contribution in [2.75, 3.05) is 0 Å². The molecule has 0 aromatic rings. The molecular weight excluding hydrogens is 275 g/mol. The van der Waals surface area contributed by atoms with Crippen molar-refractivity contribution in [1.29, 1.82) is 0 Å². The summed E-state index contributed by atoms with van der Waals surface area (Å²) in [5.41, 5.74) is -0.244. The summed E-state index contributed by atoms with van der Waals surface area (Å²) < 4.78 is 6.32. The van der Waals surface area contributed by atoms with Crippen LogP contribution in [0.4, 0.5) is 0 Å². The summed E-state index contributed by atoms with van der Waals surface area (Å²) in [5, 5.41) is 0.0342. The van der Waals surface area contributed by atoms with Crippen molar-refractivity contribution < 1.29 is 4.43 Å². The Hall–Kier alpha value is 0.974. The van der Waals surface area contributed by atoms with Gasteiger partial charge in [0.15, 0.2) is 7.83 Å². The van der Waals surface area contributed by atoms with E-state index in [2.05, 4.69) is 27.7 Å². The average Bonchev–Trinajstić information content (AvgIpc) is 2.32. The Morgan fingerprint density at radius 2 is 1.50 bits per heavy atom. The predicted octanol–water partition coefficient (Wildman–Crippen LogP) is 4.74. The zero-order valence-electron chi connectivity index (χ0n) is 10.9. The van der Waals surface area contributed by atoms with Crippen molar-refractivity contribution in [3.63, 3.8) is 0 Å². The van der Waals surface area contributed by atoms with Gasteiger partial charge in [-0.05, 0) is 18.1 Å². The maximum atomic E-state index is 6.35. The molecule has 0 N–H and O–H groups in total. The van der Waals surface area contributed by atoms with Gasteiger partial charge in [0.2, 0.25) is 0 Å². The highest BCUT2D eigenvalue weighted by molar-refractivity contribution is 7.40. The molecule has 1 saturated heterocycles. The maximum Gasteiger partial charge on any atom is 0.181 e. The zero-order valence-corrected chi connectivity index (χ0v) is 14.4. The van der Waals surface area contributed by atoms with Crippen LogP contribution in [0, 0.1) is 0 Å². The largest absolute Gasteiger partial charge is 0.402 e. The summed E-state index contributed by atoms with van der Waals surface area (Å²) in [7, 11) is -2.91. The fourth-order valence-electron chi connectivity index (χ4n) is 3.42. The molecular formula is C11H24Cl2OSi2. The molecule has 96 valence electrons. The zero-order chi connectivity index (χ0) is 12.4. The van der Waals surface area contributed by atoms with Crippen LogP contribution in [0.3, 0.4) is 0 Å². The van der Waals surface area contributed by atoms with Gasteiger partial charge in [0.25, 0.3) is 0 Å². The van der Waals surface area contributed by atoms with E-state index in [0.29, 0.717) is 0 Å². The van der Waals surface area contributed by atoms with E-state index >= 15 is 0 Å². The van der Waals surface area contributed by atoms with Crippen molar-refractivity contribution in [3.05, 3.63) is 0 Å². The van der Waals surface area contributed by atoms with Crippen LogP contribution in [0.2, 0.25) is 30.2 Å². The average molecular weight is 299 g/mol. The molecule has 5 heteroatoms. The van der Waals surface area contributed by atoms with Crippen LogP contribution in [0.5, 0.6) is 0 Å². The summed E-state index contributed by atoms with van der Waals surface area (Å²) in [6, 6.07) is 6.21. The standard InChI is InChI=1S/C11H24Cl2OSi2/c1-5-15(6-2)9-10(12)11(13)14-16(15,7-3)8-4/h10-11H,5-9H2,1-4H3. The fraction of sp³-hybridized carbons (Fsp3) is 1.00. The van der Waals surface area contributed by atoms with Crippen LogP contribution in [0.25, 0.3) is 0 Å². The van der Waals surface area contributed by atoms with E-state index in [4.69, 9.17) is 27.6 Å². The van der Waals surface area contributed by atoms with Crippen molar-refractivity contribution >= 4 is 38.6 Å². The Kier molecular flexibility index (Phi) is 5.40. The first kappa shape index (κ1) is 15.0. The van der Waals surface area contributed by atoms with E-state index in [1.807, 2.05) is 0 Å². The molecule has 0 aliphatic carbocycles. The Bertz CT molecular complexity index is 206. The van der Waals surface area contributed by atoms with Gasteiger partial charge in [-0.15, -0.1) is 11.6 Å². The topological polar surface area (TPSA) is 9.23 Å². The Morgan fingerprint density at radius 3 is 1.88 bits per heavy atom. The molecule has 1 fully saturated rings. The highest BCUT2D eigenvalue weighted by Gasteiger charge is 2.57. The molecule has 0 spiro atoms. The lowest BCUT2D eigenvalue weighted by Crippen LogP contribution is -2.69. The second-order valence-corrected chi connectivity index (χ2v) is 19.8. The molecule has 1 aliphatic rings. The van der Waals surface area contributed by atoms with E-state index in [-0.39, 0.29) is 10.9 Å². The lowest BCUT2D eigenvalue weighted by molar-refractivity contribution is 0.262. The normalized spacial score (nSPS) is 32.6. The van der Waals surface area contributed by atoms with E-state index in [1.54, 1.807) is 0 Å². The molecule has 0 bridgehead atoms. The summed E-state index contributed by atoms with van der Waals surface area (Å²) in [5.74, 6) is 0. The number of hydrogen-bond acceptors (Lipinski definition) is 1. The van der Waals surface area contributed by atoms with Crippen LogP contribution in [-0.2, 0) is 4.43 Å². The quantitative estimate of drug-likeness (QED) is 0.538. The highest BCUT2D eigenvalue weighted by Crippen LogP contribution is 2.45. The van der Waals surface area contributed by atoms with E-state index < -0.39 is 15.4 Å². The van der Waals surface area contributed by atoms with Crippen LogP contribution in [0.1, 0.15) is 27.7 Å². The van der Waals surface area contributed by atoms with E-state index in [0.717, 1.165) is 0 Å². The summed E-state index contributed by atoms with van der Waals surface area (Å²) in [4.78, 5) is 0. The summed E-state index contributed by atoms with van der Waals surface area (Å²) in [6.07, 6.45) is 0. The molecule has 0 radical (unpaired) electrons. The first-order chi connectivity index (χ1) is 7.50. The van der Waals surface area contributed by atoms with Gasteiger partial charge in [0, 0.05) is 0 Å². The number of rotatable bonds is 4. The van der Waals surface area contributed by atoms with Crippen LogP contribution < -0.4 is 0 Å². The van der Waals surface area contributed by atoms with Gasteiger partial charge in [-0.3, -0.25) is 0 Å². The molecule has 0 aromatic carbocycles. The predicted molar refractivity (Wildman–Crippen MR) is 78.6 cm³/mol. The SMILES string of the molecule is CC[Si]1(CC)CC(Cl)C(Cl)O[Si]1(CC)CC. The van der Waals surface area contributed by atoms with Crippen LogP contribution in [-0.4, -0.2) is 26.4 Å². The lowest BCUT2D eigenvalue weighted by atomic mass is 10.5. The Morgan fingerprint density at radius 1 is 1.00 bits per heavy atom. The molecule has 1 rings (SSSR count). The molecule has 0 saturated carbocycles. The minimum Gasteiger partial charge on any atom is -0.402 e. The van der Waals surface area contributed by atoms with Gasteiger partial charge in [0.05, 0.1) is 13.0 Å². The summed E-state index contributed by atoms with van der Waals surface area (Å²) >= 11 is 12.6. The van der Waals surface area contributed by atoms with Gasteiger partial charge in [-0.25, -0.2) is 0 Å². The minimum atomic E-state index is -1.59. The van der Waals surface area contributed by atoms with Crippen molar-refractivity contribution in [1.82, 2.24) is 0 Å². The second-order valence-electron chi connectivity index (χ2n) is 4.88. The summed E-state index contributed by atoms with van der Waals surface area (Å²) in [6.45, 7) is 9.26. The van der Waals surface area contributed by atoms with Gasteiger partial charge in [-0.2, -0.15) is 0 Å². The molecule has 0 amide bonds. The third-order valence-corrected chi connectivity index (χ3v) is 25.8. The first-order valence-electron chi connectivity index (χ1n) is 6.46. The molecule has 16 heavy (non-hydrogen) atoms. The van der Waals surface area contributed by atoms with Crippen molar-refractivity contribution in [2.45, 2.75) is 68.9 Å². The maximum absolute atomic E-state index is 6.35. The molecule has 0 aromatic heterocycles. The molecule has 2 unspecified atom stereocenters. The van der Waals surface area contributed by atoms with E-state index in [1.165, 1.54) is 30.2 Å².